The summed E-state index contributed by atoms with van der Waals surface area (Å²) in [6.45, 7) is 0. The molecule has 1 N–H and O–H groups in total. The molecule has 2 aromatic carbocycles. The molecule has 0 spiro atoms. The van der Waals surface area contributed by atoms with Gasteiger partial charge in [-0.05, 0) is 42.5 Å². The highest BCUT2D eigenvalue weighted by atomic mass is 35.5. The molecule has 6 nitrogen and oxygen atoms in total. The summed E-state index contributed by atoms with van der Waals surface area (Å²) in [6.07, 6.45) is 1.55. The molecule has 10 heteroatoms. The fourth-order valence-corrected chi connectivity index (χ4v) is 4.23. The van der Waals surface area contributed by atoms with Gasteiger partial charge in [0, 0.05) is 22.5 Å². The van der Waals surface area contributed by atoms with E-state index in [1.54, 1.807) is 36.5 Å². The van der Waals surface area contributed by atoms with E-state index in [9.17, 15) is 4.79 Å². The molecule has 156 valence electrons. The van der Waals surface area contributed by atoms with Crippen LogP contribution in [0.25, 0.3) is 17.1 Å². The third kappa shape index (κ3) is 5.02. The van der Waals surface area contributed by atoms with Crippen LogP contribution < -0.4 is 5.32 Å². The van der Waals surface area contributed by atoms with Gasteiger partial charge in [0.2, 0.25) is 5.91 Å². The van der Waals surface area contributed by atoms with Crippen LogP contribution in [-0.4, -0.2) is 31.4 Å². The number of carbonyl (C=O) groups is 1. The molecule has 0 aliphatic heterocycles. The number of aromatic nitrogens is 4. The zero-order valence-corrected chi connectivity index (χ0v) is 18.9. The van der Waals surface area contributed by atoms with Gasteiger partial charge in [-0.2, -0.15) is 0 Å². The number of carbonyl (C=O) groups excluding carboxylic acids is 1. The number of halogens is 3. The van der Waals surface area contributed by atoms with Crippen LogP contribution in [0.3, 0.4) is 0 Å². The first-order chi connectivity index (χ1) is 15.0. The molecular weight excluding hydrogens is 477 g/mol. The molecule has 2 heterocycles. The van der Waals surface area contributed by atoms with Crippen molar-refractivity contribution in [3.05, 3.63) is 82.1 Å². The van der Waals surface area contributed by atoms with E-state index in [1.807, 2.05) is 34.9 Å². The van der Waals surface area contributed by atoms with Crippen molar-refractivity contribution in [3.63, 3.8) is 0 Å². The van der Waals surface area contributed by atoms with Gasteiger partial charge in [0.05, 0.1) is 16.5 Å². The number of anilines is 1. The molecule has 31 heavy (non-hydrogen) atoms. The minimum absolute atomic E-state index is 0.102. The topological polar surface area (TPSA) is 72.7 Å². The third-order valence-electron chi connectivity index (χ3n) is 4.19. The minimum atomic E-state index is -0.242. The van der Waals surface area contributed by atoms with Gasteiger partial charge in [-0.1, -0.05) is 64.8 Å². The van der Waals surface area contributed by atoms with Crippen molar-refractivity contribution in [1.82, 2.24) is 19.7 Å². The van der Waals surface area contributed by atoms with Gasteiger partial charge >= 0.3 is 0 Å². The van der Waals surface area contributed by atoms with Crippen LogP contribution >= 0.6 is 46.6 Å². The van der Waals surface area contributed by atoms with Crippen molar-refractivity contribution in [3.8, 4) is 17.1 Å². The Balaban J connectivity index is 1.63. The molecule has 0 atom stereocenters. The van der Waals surface area contributed by atoms with Crippen molar-refractivity contribution in [1.29, 1.82) is 0 Å². The Morgan fingerprint density at radius 1 is 1.00 bits per heavy atom. The smallest absolute Gasteiger partial charge is 0.234 e. The van der Waals surface area contributed by atoms with Crippen molar-refractivity contribution in [2.45, 2.75) is 5.16 Å². The number of para-hydroxylation sites is 1. The molecule has 1 amide bonds. The number of pyridine rings is 1. The monoisotopic (exact) mass is 489 g/mol. The third-order valence-corrected chi connectivity index (χ3v) is 5.96. The standard InChI is InChI=1S/C21H14Cl3N5OS/c22-13-8-9-15(16(23)11-13)20-27-28-21(29(20)14-5-2-1-3-6-14)31-12-18(30)26-17-7-4-10-25-19(17)24/h1-11H,12H2,(H,26,30). The number of hydrogen-bond acceptors (Lipinski definition) is 5. The summed E-state index contributed by atoms with van der Waals surface area (Å²) in [6, 6.07) is 18.2. The number of hydrogen-bond donors (Lipinski definition) is 1. The molecule has 0 bridgehead atoms. The molecule has 4 rings (SSSR count). The van der Waals surface area contributed by atoms with Crippen molar-refractivity contribution >= 4 is 58.2 Å². The highest BCUT2D eigenvalue weighted by Crippen LogP contribution is 2.33. The average Bonchev–Trinajstić information content (AvgIpc) is 3.18. The van der Waals surface area contributed by atoms with Crippen molar-refractivity contribution in [2.75, 3.05) is 11.1 Å². The van der Waals surface area contributed by atoms with Gasteiger partial charge in [0.1, 0.15) is 0 Å². The highest BCUT2D eigenvalue weighted by molar-refractivity contribution is 7.99. The summed E-state index contributed by atoms with van der Waals surface area (Å²) in [5.41, 5.74) is 1.97. The molecule has 0 unspecified atom stereocenters. The lowest BCUT2D eigenvalue weighted by molar-refractivity contribution is -0.113. The fourth-order valence-electron chi connectivity index (χ4n) is 2.81. The van der Waals surface area contributed by atoms with Crippen LogP contribution in [0.4, 0.5) is 5.69 Å². The minimum Gasteiger partial charge on any atom is -0.323 e. The second-order valence-corrected chi connectivity index (χ2v) is 8.42. The highest BCUT2D eigenvalue weighted by Gasteiger charge is 2.19. The van der Waals surface area contributed by atoms with E-state index < -0.39 is 0 Å². The molecule has 0 fully saturated rings. The summed E-state index contributed by atoms with van der Waals surface area (Å²) in [4.78, 5) is 16.4. The lowest BCUT2D eigenvalue weighted by Crippen LogP contribution is -2.15. The largest absolute Gasteiger partial charge is 0.323 e. The van der Waals surface area contributed by atoms with E-state index in [0.29, 0.717) is 32.3 Å². The summed E-state index contributed by atoms with van der Waals surface area (Å²) >= 11 is 19.7. The SMILES string of the molecule is O=C(CSc1nnc(-c2ccc(Cl)cc2Cl)n1-c1ccccc1)Nc1cccnc1Cl. The Bertz CT molecular complexity index is 1230. The van der Waals surface area contributed by atoms with Gasteiger partial charge in [0.15, 0.2) is 16.1 Å². The molecule has 0 radical (unpaired) electrons. The molecule has 0 aliphatic carbocycles. The number of nitrogens with zero attached hydrogens (tertiary/aromatic N) is 4. The Hall–Kier alpha value is -2.58. The first-order valence-corrected chi connectivity index (χ1v) is 11.1. The first kappa shape index (κ1) is 21.6. The van der Waals surface area contributed by atoms with Crippen LogP contribution in [0.15, 0.2) is 72.0 Å². The maximum absolute atomic E-state index is 12.4. The number of thioether (sulfide) groups is 1. The average molecular weight is 491 g/mol. The summed E-state index contributed by atoms with van der Waals surface area (Å²) in [7, 11) is 0. The van der Waals surface area contributed by atoms with E-state index in [0.717, 1.165) is 5.69 Å². The van der Waals surface area contributed by atoms with E-state index >= 15 is 0 Å². The molecule has 0 saturated carbocycles. The fraction of sp³-hybridized carbons (Fsp3) is 0.0476. The number of benzene rings is 2. The quantitative estimate of drug-likeness (QED) is 0.264. The normalized spacial score (nSPS) is 10.8. The summed E-state index contributed by atoms with van der Waals surface area (Å²) in [5.74, 6) is 0.407. The maximum atomic E-state index is 12.4. The molecular formula is C21H14Cl3N5OS. The van der Waals surface area contributed by atoms with E-state index in [4.69, 9.17) is 34.8 Å². The van der Waals surface area contributed by atoms with E-state index in [1.165, 1.54) is 11.8 Å². The number of amides is 1. The van der Waals surface area contributed by atoms with Gasteiger partial charge in [-0.25, -0.2) is 4.98 Å². The van der Waals surface area contributed by atoms with Crippen LogP contribution in [0.1, 0.15) is 0 Å². The van der Waals surface area contributed by atoms with Crippen molar-refractivity contribution in [2.24, 2.45) is 0 Å². The molecule has 2 aromatic heterocycles. The Morgan fingerprint density at radius 3 is 2.55 bits per heavy atom. The lowest BCUT2D eigenvalue weighted by atomic mass is 10.2. The van der Waals surface area contributed by atoms with Gasteiger partial charge < -0.3 is 5.32 Å². The number of nitrogens with one attached hydrogen (secondary N) is 1. The van der Waals surface area contributed by atoms with Crippen molar-refractivity contribution < 1.29 is 4.79 Å². The summed E-state index contributed by atoms with van der Waals surface area (Å²) < 4.78 is 1.85. The predicted octanol–water partition coefficient (Wildman–Crippen LogP) is 6.02. The van der Waals surface area contributed by atoms with Gasteiger partial charge in [-0.15, -0.1) is 10.2 Å². The zero-order valence-electron chi connectivity index (χ0n) is 15.8. The Labute approximate surface area is 197 Å². The van der Waals surface area contributed by atoms with Crippen LogP contribution in [0.5, 0.6) is 0 Å². The molecule has 4 aromatic rings. The van der Waals surface area contributed by atoms with Crippen LogP contribution in [-0.2, 0) is 4.79 Å². The Kier molecular flexibility index (Phi) is 6.77. The second-order valence-electron chi connectivity index (χ2n) is 6.28. The first-order valence-electron chi connectivity index (χ1n) is 9.02. The zero-order chi connectivity index (χ0) is 21.8. The van der Waals surface area contributed by atoms with Crippen LogP contribution in [0.2, 0.25) is 15.2 Å². The Morgan fingerprint density at radius 2 is 1.81 bits per heavy atom. The number of rotatable bonds is 6. The lowest BCUT2D eigenvalue weighted by Gasteiger charge is -2.11. The van der Waals surface area contributed by atoms with Gasteiger partial charge in [-0.3, -0.25) is 9.36 Å². The van der Waals surface area contributed by atoms with Crippen LogP contribution in [0, 0.1) is 0 Å². The van der Waals surface area contributed by atoms with Gasteiger partial charge in [0.25, 0.3) is 0 Å². The predicted molar refractivity (Wildman–Crippen MR) is 125 cm³/mol. The van der Waals surface area contributed by atoms with E-state index in [-0.39, 0.29) is 16.8 Å². The maximum Gasteiger partial charge on any atom is 0.234 e. The molecule has 0 aliphatic rings. The second kappa shape index (κ2) is 9.70. The van der Waals surface area contributed by atoms with E-state index in [2.05, 4.69) is 20.5 Å². The summed E-state index contributed by atoms with van der Waals surface area (Å²) in [5, 5.41) is 13.1. The molecule has 0 saturated heterocycles.